The van der Waals surface area contributed by atoms with Crippen molar-refractivity contribution in [2.75, 3.05) is 33.2 Å². The largest absolute Gasteiger partial charge is 0.405 e. The van der Waals surface area contributed by atoms with Gasteiger partial charge in [-0.05, 0) is 33.0 Å². The summed E-state index contributed by atoms with van der Waals surface area (Å²) in [7, 11) is 1.98. The fourth-order valence-electron chi connectivity index (χ4n) is 2.87. The Hall–Kier alpha value is -0.820. The molecule has 0 bridgehead atoms. The van der Waals surface area contributed by atoms with Crippen LogP contribution in [0.5, 0.6) is 0 Å². The van der Waals surface area contributed by atoms with Gasteiger partial charge in [0.05, 0.1) is 0 Å². The number of hydrogen-bond donors (Lipinski definition) is 1. The third-order valence-corrected chi connectivity index (χ3v) is 4.02. The Morgan fingerprint density at radius 1 is 1.21 bits per heavy atom. The first-order valence-electron chi connectivity index (χ1n) is 6.65. The zero-order valence-corrected chi connectivity index (χ0v) is 11.0. The second-order valence-electron chi connectivity index (χ2n) is 5.38. The number of halogens is 3. The Bertz CT molecular complexity index is 327. The quantitative estimate of drug-likeness (QED) is 0.772. The third kappa shape index (κ3) is 3.60. The van der Waals surface area contributed by atoms with Crippen LogP contribution in [0.25, 0.3) is 0 Å². The van der Waals surface area contributed by atoms with Crippen LogP contribution in [0.4, 0.5) is 13.2 Å². The van der Waals surface area contributed by atoms with Gasteiger partial charge in [0.15, 0.2) is 0 Å². The predicted octanol–water partition coefficient (Wildman–Crippen LogP) is 0.833. The second-order valence-corrected chi connectivity index (χ2v) is 5.38. The standard InChI is InChI=1S/C12H20F3N3O/c1-17-5-2-9(3-6-17)18-7-4-11(19)16-8-10(18)12(13,14)15/h9-10H,2-8H2,1H3,(H,16,19). The van der Waals surface area contributed by atoms with Gasteiger partial charge in [-0.2, -0.15) is 13.2 Å². The average Bonchev–Trinajstić information content (AvgIpc) is 2.52. The van der Waals surface area contributed by atoms with E-state index in [9.17, 15) is 18.0 Å². The number of rotatable bonds is 1. The Labute approximate surface area is 110 Å². The lowest BCUT2D eigenvalue weighted by Gasteiger charge is -2.41. The number of nitrogens with one attached hydrogen (secondary N) is 1. The van der Waals surface area contributed by atoms with Crippen LogP contribution < -0.4 is 5.32 Å². The molecule has 110 valence electrons. The van der Waals surface area contributed by atoms with E-state index in [4.69, 9.17) is 0 Å². The third-order valence-electron chi connectivity index (χ3n) is 4.02. The lowest BCUT2D eigenvalue weighted by atomic mass is 10.0. The summed E-state index contributed by atoms with van der Waals surface area (Å²) in [4.78, 5) is 14.9. The van der Waals surface area contributed by atoms with Crippen LogP contribution in [0.1, 0.15) is 19.3 Å². The molecule has 7 heteroatoms. The first-order valence-corrected chi connectivity index (χ1v) is 6.65. The van der Waals surface area contributed by atoms with Crippen LogP contribution in [-0.4, -0.2) is 67.2 Å². The summed E-state index contributed by atoms with van der Waals surface area (Å²) in [6.07, 6.45) is -2.67. The number of piperidine rings is 1. The molecule has 0 aliphatic carbocycles. The number of likely N-dealkylation sites (tertiary alicyclic amines) is 1. The minimum Gasteiger partial charge on any atom is -0.354 e. The van der Waals surface area contributed by atoms with Crippen LogP contribution in [-0.2, 0) is 4.79 Å². The highest BCUT2D eigenvalue weighted by Gasteiger charge is 2.47. The summed E-state index contributed by atoms with van der Waals surface area (Å²) in [5, 5.41) is 2.37. The summed E-state index contributed by atoms with van der Waals surface area (Å²) in [6, 6.07) is -1.62. The molecule has 2 fully saturated rings. The molecule has 0 saturated carbocycles. The summed E-state index contributed by atoms with van der Waals surface area (Å²) < 4.78 is 39.4. The highest BCUT2D eigenvalue weighted by atomic mass is 19.4. The molecule has 1 N–H and O–H groups in total. The van der Waals surface area contributed by atoms with E-state index >= 15 is 0 Å². The van der Waals surface area contributed by atoms with Crippen molar-refractivity contribution in [2.45, 2.75) is 37.5 Å². The molecule has 1 unspecified atom stereocenters. The number of carbonyl (C=O) groups excluding carboxylic acids is 1. The maximum absolute atomic E-state index is 13.1. The number of amides is 1. The highest BCUT2D eigenvalue weighted by molar-refractivity contribution is 5.76. The van der Waals surface area contributed by atoms with Crippen molar-refractivity contribution >= 4 is 5.91 Å². The molecular weight excluding hydrogens is 259 g/mol. The van der Waals surface area contributed by atoms with E-state index in [1.807, 2.05) is 7.05 Å². The van der Waals surface area contributed by atoms with Gasteiger partial charge in [0.25, 0.3) is 0 Å². The van der Waals surface area contributed by atoms with Gasteiger partial charge in [0.1, 0.15) is 6.04 Å². The molecule has 0 aromatic heterocycles. The average molecular weight is 279 g/mol. The molecule has 0 aromatic carbocycles. The molecule has 4 nitrogen and oxygen atoms in total. The normalized spacial score (nSPS) is 29.1. The van der Waals surface area contributed by atoms with Crippen molar-refractivity contribution in [2.24, 2.45) is 0 Å². The van der Waals surface area contributed by atoms with Crippen molar-refractivity contribution in [3.8, 4) is 0 Å². The molecule has 2 aliphatic heterocycles. The van der Waals surface area contributed by atoms with Crippen LogP contribution >= 0.6 is 0 Å². The van der Waals surface area contributed by atoms with Gasteiger partial charge in [-0.15, -0.1) is 0 Å². The molecule has 0 radical (unpaired) electrons. The van der Waals surface area contributed by atoms with Crippen molar-refractivity contribution in [3.63, 3.8) is 0 Å². The first-order chi connectivity index (χ1) is 8.88. The Balaban J connectivity index is 2.10. The minimum absolute atomic E-state index is 0.0736. The molecule has 19 heavy (non-hydrogen) atoms. The van der Waals surface area contributed by atoms with Gasteiger partial charge in [-0.3, -0.25) is 9.69 Å². The van der Waals surface area contributed by atoms with Gasteiger partial charge in [-0.1, -0.05) is 0 Å². The van der Waals surface area contributed by atoms with E-state index in [1.165, 1.54) is 4.90 Å². The van der Waals surface area contributed by atoms with E-state index in [1.54, 1.807) is 0 Å². The second kappa shape index (κ2) is 5.66. The summed E-state index contributed by atoms with van der Waals surface area (Å²) in [5.41, 5.74) is 0. The zero-order chi connectivity index (χ0) is 14.0. The lowest BCUT2D eigenvalue weighted by Crippen LogP contribution is -2.55. The van der Waals surface area contributed by atoms with Crippen LogP contribution in [0.15, 0.2) is 0 Å². The lowest BCUT2D eigenvalue weighted by molar-refractivity contribution is -0.188. The van der Waals surface area contributed by atoms with Crippen LogP contribution in [0, 0.1) is 0 Å². The van der Waals surface area contributed by atoms with Gasteiger partial charge >= 0.3 is 6.18 Å². The number of carbonyl (C=O) groups is 1. The molecule has 2 saturated heterocycles. The van der Waals surface area contributed by atoms with E-state index in [2.05, 4.69) is 10.2 Å². The van der Waals surface area contributed by atoms with E-state index in [0.717, 1.165) is 25.9 Å². The van der Waals surface area contributed by atoms with E-state index < -0.39 is 12.2 Å². The van der Waals surface area contributed by atoms with E-state index in [-0.39, 0.29) is 31.5 Å². The molecule has 2 aliphatic rings. The SMILES string of the molecule is CN1CCC(N2CCC(=O)NCC2C(F)(F)F)CC1. The Morgan fingerprint density at radius 2 is 1.84 bits per heavy atom. The fraction of sp³-hybridized carbons (Fsp3) is 0.917. The topological polar surface area (TPSA) is 35.6 Å². The monoisotopic (exact) mass is 279 g/mol. The molecular formula is C12H20F3N3O. The van der Waals surface area contributed by atoms with Crippen molar-refractivity contribution in [1.29, 1.82) is 0 Å². The molecule has 0 spiro atoms. The maximum Gasteiger partial charge on any atom is 0.405 e. The minimum atomic E-state index is -4.29. The van der Waals surface area contributed by atoms with Crippen molar-refractivity contribution in [1.82, 2.24) is 15.1 Å². The molecule has 0 aromatic rings. The van der Waals surface area contributed by atoms with Gasteiger partial charge < -0.3 is 10.2 Å². The number of alkyl halides is 3. The van der Waals surface area contributed by atoms with E-state index in [0.29, 0.717) is 0 Å². The molecule has 1 atom stereocenters. The van der Waals surface area contributed by atoms with Gasteiger partial charge in [0, 0.05) is 25.6 Å². The smallest absolute Gasteiger partial charge is 0.354 e. The van der Waals surface area contributed by atoms with Gasteiger partial charge in [-0.25, -0.2) is 0 Å². The molecule has 2 heterocycles. The summed E-state index contributed by atoms with van der Waals surface area (Å²) in [6.45, 7) is 1.50. The Kier molecular flexibility index (Phi) is 4.35. The highest BCUT2D eigenvalue weighted by Crippen LogP contribution is 2.30. The van der Waals surface area contributed by atoms with Crippen molar-refractivity contribution < 1.29 is 18.0 Å². The number of nitrogens with zero attached hydrogens (tertiary/aromatic N) is 2. The number of hydrogen-bond acceptors (Lipinski definition) is 3. The fourth-order valence-corrected chi connectivity index (χ4v) is 2.87. The first kappa shape index (κ1) is 14.6. The zero-order valence-electron chi connectivity index (χ0n) is 11.0. The maximum atomic E-state index is 13.1. The summed E-state index contributed by atoms with van der Waals surface area (Å²) >= 11 is 0. The summed E-state index contributed by atoms with van der Waals surface area (Å²) in [5.74, 6) is -0.287. The molecule has 2 rings (SSSR count). The Morgan fingerprint density at radius 3 is 2.42 bits per heavy atom. The predicted molar refractivity (Wildman–Crippen MR) is 64.7 cm³/mol. The van der Waals surface area contributed by atoms with Crippen molar-refractivity contribution in [3.05, 3.63) is 0 Å². The van der Waals surface area contributed by atoms with Gasteiger partial charge in [0.2, 0.25) is 5.91 Å². The molecule has 1 amide bonds. The van der Waals surface area contributed by atoms with Crippen LogP contribution in [0.3, 0.4) is 0 Å². The van der Waals surface area contributed by atoms with Crippen LogP contribution in [0.2, 0.25) is 0 Å².